The van der Waals surface area contributed by atoms with E-state index in [9.17, 15) is 9.18 Å². The third kappa shape index (κ3) is 4.77. The normalized spacial score (nSPS) is 10.3. The largest absolute Gasteiger partial charge is 0.496 e. The van der Waals surface area contributed by atoms with Gasteiger partial charge < -0.3 is 10.1 Å². The lowest BCUT2D eigenvalue weighted by Gasteiger charge is -2.09. The molecular formula is C17H18FNO2S. The van der Waals surface area contributed by atoms with Crippen molar-refractivity contribution >= 4 is 17.7 Å². The van der Waals surface area contributed by atoms with Gasteiger partial charge in [0.1, 0.15) is 11.6 Å². The smallest absolute Gasteiger partial charge is 0.221 e. The molecule has 2 aromatic carbocycles. The Morgan fingerprint density at radius 2 is 1.91 bits per heavy atom. The van der Waals surface area contributed by atoms with Gasteiger partial charge >= 0.3 is 0 Å². The highest BCUT2D eigenvalue weighted by Gasteiger charge is 2.06. The molecule has 0 fully saturated rings. The van der Waals surface area contributed by atoms with Crippen LogP contribution in [0.1, 0.15) is 12.0 Å². The van der Waals surface area contributed by atoms with E-state index < -0.39 is 0 Å². The van der Waals surface area contributed by atoms with Crippen LogP contribution in [0.25, 0.3) is 0 Å². The molecule has 0 unspecified atom stereocenters. The third-order valence-electron chi connectivity index (χ3n) is 3.09. The monoisotopic (exact) mass is 319 g/mol. The van der Waals surface area contributed by atoms with Crippen molar-refractivity contribution in [2.75, 3.05) is 12.9 Å². The zero-order valence-electron chi connectivity index (χ0n) is 12.3. The average molecular weight is 319 g/mol. The van der Waals surface area contributed by atoms with Crippen molar-refractivity contribution < 1.29 is 13.9 Å². The molecule has 0 bridgehead atoms. The summed E-state index contributed by atoms with van der Waals surface area (Å²) in [6.45, 7) is 0.424. The number of amides is 1. The van der Waals surface area contributed by atoms with E-state index in [4.69, 9.17) is 4.74 Å². The SMILES string of the molecule is COc1ccccc1CNC(=O)CCSc1ccccc1F. The van der Waals surface area contributed by atoms with Gasteiger partial charge in [0.25, 0.3) is 0 Å². The first-order valence-electron chi connectivity index (χ1n) is 6.96. The highest BCUT2D eigenvalue weighted by atomic mass is 32.2. The molecule has 5 heteroatoms. The maximum atomic E-state index is 13.4. The molecule has 0 aromatic heterocycles. The Hall–Kier alpha value is -2.01. The first kappa shape index (κ1) is 16.4. The Bertz CT molecular complexity index is 634. The van der Waals surface area contributed by atoms with Gasteiger partial charge in [0.05, 0.1) is 7.11 Å². The van der Waals surface area contributed by atoms with Crippen LogP contribution in [-0.4, -0.2) is 18.8 Å². The second-order valence-electron chi connectivity index (χ2n) is 4.62. The van der Waals surface area contributed by atoms with Gasteiger partial charge in [-0.1, -0.05) is 30.3 Å². The maximum absolute atomic E-state index is 13.4. The lowest BCUT2D eigenvalue weighted by molar-refractivity contribution is -0.120. The van der Waals surface area contributed by atoms with E-state index >= 15 is 0 Å². The molecule has 0 aliphatic carbocycles. The van der Waals surface area contributed by atoms with Gasteiger partial charge in [-0.15, -0.1) is 11.8 Å². The number of para-hydroxylation sites is 1. The second kappa shape index (κ2) is 8.44. The molecule has 1 amide bonds. The minimum absolute atomic E-state index is 0.0604. The summed E-state index contributed by atoms with van der Waals surface area (Å²) in [4.78, 5) is 12.4. The highest BCUT2D eigenvalue weighted by molar-refractivity contribution is 7.99. The van der Waals surface area contributed by atoms with Gasteiger partial charge in [0, 0.05) is 29.2 Å². The van der Waals surface area contributed by atoms with Crippen LogP contribution in [0.4, 0.5) is 4.39 Å². The fourth-order valence-electron chi connectivity index (χ4n) is 1.95. The number of thioether (sulfide) groups is 1. The van der Waals surface area contributed by atoms with Crippen LogP contribution in [0.15, 0.2) is 53.4 Å². The number of halogens is 1. The quantitative estimate of drug-likeness (QED) is 0.792. The molecule has 1 N–H and O–H groups in total. The Morgan fingerprint density at radius 3 is 2.68 bits per heavy atom. The van der Waals surface area contributed by atoms with E-state index in [-0.39, 0.29) is 11.7 Å². The molecule has 2 rings (SSSR count). The van der Waals surface area contributed by atoms with Crippen LogP contribution in [0.5, 0.6) is 5.75 Å². The number of hydrogen-bond donors (Lipinski definition) is 1. The summed E-state index contributed by atoms with van der Waals surface area (Å²) >= 11 is 1.34. The number of ether oxygens (including phenoxy) is 1. The van der Waals surface area contributed by atoms with Crippen LogP contribution in [0, 0.1) is 5.82 Å². The molecule has 0 heterocycles. The van der Waals surface area contributed by atoms with Crippen molar-refractivity contribution in [2.24, 2.45) is 0 Å². The molecule has 2 aromatic rings. The predicted molar refractivity (Wildman–Crippen MR) is 86.6 cm³/mol. The van der Waals surface area contributed by atoms with Crippen molar-refractivity contribution in [3.05, 3.63) is 59.9 Å². The average Bonchev–Trinajstić information content (AvgIpc) is 2.55. The van der Waals surface area contributed by atoms with Crippen molar-refractivity contribution in [2.45, 2.75) is 17.9 Å². The summed E-state index contributed by atoms with van der Waals surface area (Å²) in [6.07, 6.45) is 0.341. The van der Waals surface area contributed by atoms with Gasteiger partial charge in [-0.2, -0.15) is 0 Å². The summed E-state index contributed by atoms with van der Waals surface area (Å²) in [5.41, 5.74) is 0.931. The number of nitrogens with one attached hydrogen (secondary N) is 1. The molecule has 0 spiro atoms. The predicted octanol–water partition coefficient (Wildman–Crippen LogP) is 3.63. The lowest BCUT2D eigenvalue weighted by Crippen LogP contribution is -2.23. The van der Waals surface area contributed by atoms with Crippen molar-refractivity contribution in [1.82, 2.24) is 5.32 Å². The highest BCUT2D eigenvalue weighted by Crippen LogP contribution is 2.21. The molecule has 116 valence electrons. The fraction of sp³-hybridized carbons (Fsp3) is 0.235. The first-order valence-corrected chi connectivity index (χ1v) is 7.95. The summed E-state index contributed by atoms with van der Waals surface area (Å²) in [5, 5.41) is 2.85. The van der Waals surface area contributed by atoms with Crippen LogP contribution < -0.4 is 10.1 Å². The first-order chi connectivity index (χ1) is 10.7. The van der Waals surface area contributed by atoms with Gasteiger partial charge in [-0.3, -0.25) is 4.79 Å². The van der Waals surface area contributed by atoms with E-state index in [0.717, 1.165) is 11.3 Å². The van der Waals surface area contributed by atoms with Crippen LogP contribution in [-0.2, 0) is 11.3 Å². The van der Waals surface area contributed by atoms with Gasteiger partial charge in [0.2, 0.25) is 5.91 Å². The number of benzene rings is 2. The van der Waals surface area contributed by atoms with Crippen LogP contribution in [0.2, 0.25) is 0 Å². The zero-order valence-corrected chi connectivity index (χ0v) is 13.2. The maximum Gasteiger partial charge on any atom is 0.221 e. The third-order valence-corrected chi connectivity index (χ3v) is 4.14. The van der Waals surface area contributed by atoms with E-state index in [2.05, 4.69) is 5.32 Å². The fourth-order valence-corrected chi connectivity index (χ4v) is 2.83. The molecule has 0 saturated heterocycles. The summed E-state index contributed by atoms with van der Waals surface area (Å²) in [5.74, 6) is 0.985. The topological polar surface area (TPSA) is 38.3 Å². The van der Waals surface area contributed by atoms with Crippen LogP contribution >= 0.6 is 11.8 Å². The van der Waals surface area contributed by atoms with E-state index in [1.54, 1.807) is 25.3 Å². The van der Waals surface area contributed by atoms with Crippen LogP contribution in [0.3, 0.4) is 0 Å². The minimum Gasteiger partial charge on any atom is -0.496 e. The molecule has 0 aliphatic rings. The summed E-state index contributed by atoms with van der Waals surface area (Å²) in [7, 11) is 1.60. The Balaban J connectivity index is 1.75. The Labute approximate surface area is 133 Å². The Morgan fingerprint density at radius 1 is 1.18 bits per heavy atom. The molecule has 0 aliphatic heterocycles. The minimum atomic E-state index is -0.248. The molecule has 22 heavy (non-hydrogen) atoms. The molecule has 0 saturated carbocycles. The number of rotatable bonds is 7. The molecular weight excluding hydrogens is 301 g/mol. The standard InChI is InChI=1S/C17H18FNO2S/c1-21-15-8-4-2-6-13(15)12-19-17(20)10-11-22-16-9-5-3-7-14(16)18/h2-9H,10-12H2,1H3,(H,19,20). The van der Waals surface area contributed by atoms with Gasteiger partial charge in [-0.25, -0.2) is 4.39 Å². The van der Waals surface area contributed by atoms with Gasteiger partial charge in [-0.05, 0) is 18.2 Å². The van der Waals surface area contributed by atoms with E-state index in [1.165, 1.54) is 17.8 Å². The Kier molecular flexibility index (Phi) is 6.27. The zero-order chi connectivity index (χ0) is 15.8. The second-order valence-corrected chi connectivity index (χ2v) is 5.75. The summed E-state index contributed by atoms with van der Waals surface area (Å²) in [6, 6.07) is 14.1. The summed E-state index contributed by atoms with van der Waals surface area (Å²) < 4.78 is 18.7. The number of hydrogen-bond acceptors (Lipinski definition) is 3. The van der Waals surface area contributed by atoms with Crippen molar-refractivity contribution in [3.8, 4) is 5.75 Å². The van der Waals surface area contributed by atoms with Crippen molar-refractivity contribution in [1.29, 1.82) is 0 Å². The molecule has 3 nitrogen and oxygen atoms in total. The number of carbonyl (C=O) groups is 1. The molecule has 0 atom stereocenters. The lowest BCUT2D eigenvalue weighted by atomic mass is 10.2. The van der Waals surface area contributed by atoms with Crippen molar-refractivity contribution in [3.63, 3.8) is 0 Å². The number of methoxy groups -OCH3 is 1. The molecule has 0 radical (unpaired) electrons. The van der Waals surface area contributed by atoms with E-state index in [1.807, 2.05) is 24.3 Å². The van der Waals surface area contributed by atoms with E-state index in [0.29, 0.717) is 23.6 Å². The van der Waals surface area contributed by atoms with Gasteiger partial charge in [0.15, 0.2) is 0 Å². The number of carbonyl (C=O) groups excluding carboxylic acids is 1.